The molecule has 0 amide bonds. The molecule has 2 aromatic rings. The fourth-order valence-electron chi connectivity index (χ4n) is 1.69. The molecule has 1 heterocycles. The van der Waals surface area contributed by atoms with E-state index in [9.17, 15) is 4.79 Å². The van der Waals surface area contributed by atoms with Gasteiger partial charge in [-0.2, -0.15) is 0 Å². The van der Waals surface area contributed by atoms with Crippen LogP contribution in [-0.4, -0.2) is 23.2 Å². The van der Waals surface area contributed by atoms with Crippen molar-refractivity contribution in [1.82, 2.24) is 4.98 Å². The molecule has 0 aliphatic rings. The lowest BCUT2D eigenvalue weighted by molar-refractivity contribution is 0.0697. The Balaban J connectivity index is 2.68. The molecule has 1 N–H and O–H groups in total. The van der Waals surface area contributed by atoms with Crippen molar-refractivity contribution in [2.24, 2.45) is 0 Å². The zero-order chi connectivity index (χ0) is 13.1. The second kappa shape index (κ2) is 5.06. The molecule has 0 aliphatic heterocycles. The highest BCUT2D eigenvalue weighted by Gasteiger charge is 2.15. The first-order valence-corrected chi connectivity index (χ1v) is 5.52. The number of aromatic carboxylic acids is 1. The van der Waals surface area contributed by atoms with Gasteiger partial charge in [0, 0.05) is 28.5 Å². The molecule has 0 radical (unpaired) electrons. The number of ether oxygens (including phenoxy) is 1. The van der Waals surface area contributed by atoms with Crippen LogP contribution in [0.4, 0.5) is 0 Å². The molecule has 0 aliphatic carbocycles. The number of halogens is 1. The average Bonchev–Trinajstić information content (AvgIpc) is 2.38. The lowest BCUT2D eigenvalue weighted by Crippen LogP contribution is -2.01. The van der Waals surface area contributed by atoms with Gasteiger partial charge in [-0.05, 0) is 24.3 Å². The van der Waals surface area contributed by atoms with E-state index in [2.05, 4.69) is 4.98 Å². The topological polar surface area (TPSA) is 59.4 Å². The number of rotatable bonds is 3. The summed E-state index contributed by atoms with van der Waals surface area (Å²) in [5.41, 5.74) is 1.26. The Labute approximate surface area is 109 Å². The average molecular weight is 264 g/mol. The number of hydrogen-bond acceptors (Lipinski definition) is 3. The van der Waals surface area contributed by atoms with E-state index in [0.29, 0.717) is 21.9 Å². The number of methoxy groups -OCH3 is 1. The lowest BCUT2D eigenvalue weighted by Gasteiger charge is -2.11. The maximum atomic E-state index is 11.2. The molecule has 92 valence electrons. The van der Waals surface area contributed by atoms with Gasteiger partial charge >= 0.3 is 5.97 Å². The maximum Gasteiger partial charge on any atom is 0.337 e. The molecule has 5 heteroatoms. The molecule has 1 aromatic carbocycles. The number of aromatic nitrogens is 1. The van der Waals surface area contributed by atoms with Gasteiger partial charge in [0.25, 0.3) is 0 Å². The molecular weight excluding hydrogens is 254 g/mol. The van der Waals surface area contributed by atoms with Crippen molar-refractivity contribution < 1.29 is 14.6 Å². The van der Waals surface area contributed by atoms with Crippen molar-refractivity contribution in [2.75, 3.05) is 7.11 Å². The van der Waals surface area contributed by atoms with E-state index in [1.54, 1.807) is 24.3 Å². The zero-order valence-corrected chi connectivity index (χ0v) is 10.3. The van der Waals surface area contributed by atoms with Gasteiger partial charge in [0.1, 0.15) is 5.75 Å². The Morgan fingerprint density at radius 2 is 2.11 bits per heavy atom. The summed E-state index contributed by atoms with van der Waals surface area (Å²) in [6.45, 7) is 0. The minimum absolute atomic E-state index is 0.109. The summed E-state index contributed by atoms with van der Waals surface area (Å²) in [5, 5.41) is 9.66. The van der Waals surface area contributed by atoms with Gasteiger partial charge in [0.05, 0.1) is 12.7 Å². The summed E-state index contributed by atoms with van der Waals surface area (Å²) in [6, 6.07) is 6.68. The summed E-state index contributed by atoms with van der Waals surface area (Å²) in [5.74, 6) is -0.478. The van der Waals surface area contributed by atoms with E-state index in [4.69, 9.17) is 21.4 Å². The molecule has 0 fully saturated rings. The van der Waals surface area contributed by atoms with Gasteiger partial charge in [0.15, 0.2) is 0 Å². The largest absolute Gasteiger partial charge is 0.496 e. The number of carbonyl (C=O) groups is 1. The molecule has 0 saturated carbocycles. The molecule has 18 heavy (non-hydrogen) atoms. The summed E-state index contributed by atoms with van der Waals surface area (Å²) in [4.78, 5) is 15.0. The van der Waals surface area contributed by atoms with E-state index in [1.807, 2.05) is 0 Å². The Bertz CT molecular complexity index is 599. The smallest absolute Gasteiger partial charge is 0.337 e. The minimum Gasteiger partial charge on any atom is -0.496 e. The number of nitrogens with zero attached hydrogens (tertiary/aromatic N) is 1. The van der Waals surface area contributed by atoms with E-state index >= 15 is 0 Å². The molecule has 4 nitrogen and oxygen atoms in total. The van der Waals surface area contributed by atoms with Crippen molar-refractivity contribution in [3.63, 3.8) is 0 Å². The summed E-state index contributed by atoms with van der Waals surface area (Å²) in [6.07, 6.45) is 2.83. The van der Waals surface area contributed by atoms with Crippen molar-refractivity contribution in [1.29, 1.82) is 0 Å². The maximum absolute atomic E-state index is 11.2. The van der Waals surface area contributed by atoms with Crippen molar-refractivity contribution in [3.05, 3.63) is 47.2 Å². The molecule has 0 bridgehead atoms. The number of hydrogen-bond donors (Lipinski definition) is 1. The predicted molar refractivity (Wildman–Crippen MR) is 68.2 cm³/mol. The van der Waals surface area contributed by atoms with Gasteiger partial charge in [-0.25, -0.2) is 4.79 Å². The van der Waals surface area contributed by atoms with E-state index < -0.39 is 5.97 Å². The normalized spacial score (nSPS) is 10.1. The van der Waals surface area contributed by atoms with Crippen LogP contribution in [0.5, 0.6) is 5.75 Å². The molecule has 0 unspecified atom stereocenters. The van der Waals surface area contributed by atoms with Crippen LogP contribution in [0.1, 0.15) is 10.4 Å². The monoisotopic (exact) mass is 263 g/mol. The van der Waals surface area contributed by atoms with E-state index in [1.165, 1.54) is 19.5 Å². The first kappa shape index (κ1) is 12.4. The van der Waals surface area contributed by atoms with Crippen LogP contribution in [-0.2, 0) is 0 Å². The van der Waals surface area contributed by atoms with Crippen LogP contribution in [0.3, 0.4) is 0 Å². The van der Waals surface area contributed by atoms with Crippen LogP contribution >= 0.6 is 11.6 Å². The summed E-state index contributed by atoms with van der Waals surface area (Å²) < 4.78 is 5.22. The fourth-order valence-corrected chi connectivity index (χ4v) is 1.86. The van der Waals surface area contributed by atoms with Gasteiger partial charge in [-0.1, -0.05) is 11.6 Å². The number of benzene rings is 1. The highest BCUT2D eigenvalue weighted by atomic mass is 35.5. The lowest BCUT2D eigenvalue weighted by atomic mass is 10.0. The third kappa shape index (κ3) is 2.28. The predicted octanol–water partition coefficient (Wildman–Crippen LogP) is 3.11. The minimum atomic E-state index is -1.04. The van der Waals surface area contributed by atoms with Crippen molar-refractivity contribution in [3.8, 4) is 16.9 Å². The summed E-state index contributed by atoms with van der Waals surface area (Å²) >= 11 is 5.94. The Hall–Kier alpha value is -2.07. The molecule has 1 aromatic heterocycles. The zero-order valence-electron chi connectivity index (χ0n) is 9.55. The Kier molecular flexibility index (Phi) is 3.48. The molecule has 0 spiro atoms. The van der Waals surface area contributed by atoms with Gasteiger partial charge in [-0.15, -0.1) is 0 Å². The van der Waals surface area contributed by atoms with Gasteiger partial charge < -0.3 is 9.84 Å². The number of carboxylic acid groups (broad SMARTS) is 1. The second-order valence-electron chi connectivity index (χ2n) is 3.57. The highest BCUT2D eigenvalue weighted by molar-refractivity contribution is 6.31. The standard InChI is InChI=1S/C13H10ClNO3/c1-18-12-3-2-8(14)6-10(12)9-4-5-15-7-11(9)13(16)17/h2-7H,1H3,(H,16,17). The molecule has 0 saturated heterocycles. The summed E-state index contributed by atoms with van der Waals surface area (Å²) in [7, 11) is 1.52. The van der Waals surface area contributed by atoms with Crippen LogP contribution in [0.15, 0.2) is 36.7 Å². The first-order chi connectivity index (χ1) is 8.63. The Morgan fingerprint density at radius 1 is 1.33 bits per heavy atom. The quantitative estimate of drug-likeness (QED) is 0.924. The van der Waals surface area contributed by atoms with E-state index in [0.717, 1.165) is 0 Å². The molecule has 2 rings (SSSR count). The van der Waals surface area contributed by atoms with Crippen molar-refractivity contribution >= 4 is 17.6 Å². The fraction of sp³-hybridized carbons (Fsp3) is 0.0769. The highest BCUT2D eigenvalue weighted by Crippen LogP contribution is 2.34. The van der Waals surface area contributed by atoms with E-state index in [-0.39, 0.29) is 5.56 Å². The van der Waals surface area contributed by atoms with Gasteiger partial charge in [-0.3, -0.25) is 4.98 Å². The third-order valence-corrected chi connectivity index (χ3v) is 2.74. The number of pyridine rings is 1. The number of carboxylic acids is 1. The molecular formula is C13H10ClNO3. The van der Waals surface area contributed by atoms with Crippen LogP contribution in [0, 0.1) is 0 Å². The molecule has 0 atom stereocenters. The first-order valence-electron chi connectivity index (χ1n) is 5.14. The van der Waals surface area contributed by atoms with Gasteiger partial charge in [0.2, 0.25) is 0 Å². The second-order valence-corrected chi connectivity index (χ2v) is 4.01. The van der Waals surface area contributed by atoms with Crippen molar-refractivity contribution in [2.45, 2.75) is 0 Å². The SMILES string of the molecule is COc1ccc(Cl)cc1-c1ccncc1C(=O)O. The van der Waals surface area contributed by atoms with Crippen LogP contribution in [0.2, 0.25) is 5.02 Å². The Morgan fingerprint density at radius 3 is 2.78 bits per heavy atom. The third-order valence-electron chi connectivity index (χ3n) is 2.50. The van der Waals surface area contributed by atoms with Crippen LogP contribution < -0.4 is 4.74 Å². The van der Waals surface area contributed by atoms with Crippen LogP contribution in [0.25, 0.3) is 11.1 Å².